The van der Waals surface area contributed by atoms with Crippen LogP contribution in [0.5, 0.6) is 0 Å². The van der Waals surface area contributed by atoms with Crippen molar-refractivity contribution in [3.05, 3.63) is 29.8 Å². The first-order valence-electron chi connectivity index (χ1n) is 10.6. The normalized spacial score (nSPS) is 15.0. The van der Waals surface area contributed by atoms with E-state index in [0.29, 0.717) is 0 Å². The lowest BCUT2D eigenvalue weighted by Crippen LogP contribution is -2.33. The van der Waals surface area contributed by atoms with E-state index in [-0.39, 0.29) is 30.7 Å². The Morgan fingerprint density at radius 2 is 1.83 bits per heavy atom. The predicted octanol–water partition coefficient (Wildman–Crippen LogP) is 4.02. The molecule has 1 aromatic carbocycles. The van der Waals surface area contributed by atoms with E-state index in [0.717, 1.165) is 47.0 Å². The maximum Gasteiger partial charge on any atom is 0.224 e. The molecule has 0 atom stereocenters. The van der Waals surface area contributed by atoms with Gasteiger partial charge in [0.2, 0.25) is 11.8 Å². The number of nitrogens with zero attached hydrogens (tertiary/aromatic N) is 2. The number of pyridine rings is 1. The molecule has 1 fully saturated rings. The standard InChI is InChI=1S/C23H32N4O2/c1-15(2)24-22(28)7-8-23(29)25-18-5-6-20-19(14-18)17(4)13-21(26-20)27-11-9-16(3)10-12-27/h5-6,13-16H,7-12H2,1-4H3,(H,24,28)(H,25,29). The third-order valence-electron chi connectivity index (χ3n) is 5.42. The molecule has 3 rings (SSSR count). The van der Waals surface area contributed by atoms with Crippen molar-refractivity contribution >= 4 is 34.2 Å². The highest BCUT2D eigenvalue weighted by Crippen LogP contribution is 2.28. The van der Waals surface area contributed by atoms with Gasteiger partial charge in [0.25, 0.3) is 0 Å². The zero-order valence-corrected chi connectivity index (χ0v) is 17.9. The number of hydrogen-bond acceptors (Lipinski definition) is 4. The number of amides is 2. The van der Waals surface area contributed by atoms with E-state index in [1.54, 1.807) is 0 Å². The number of carbonyl (C=O) groups is 2. The molecule has 0 radical (unpaired) electrons. The molecule has 1 saturated heterocycles. The minimum Gasteiger partial charge on any atom is -0.357 e. The highest BCUT2D eigenvalue weighted by atomic mass is 16.2. The lowest BCUT2D eigenvalue weighted by Gasteiger charge is -2.31. The van der Waals surface area contributed by atoms with E-state index in [4.69, 9.17) is 4.98 Å². The van der Waals surface area contributed by atoms with Crippen LogP contribution in [-0.4, -0.2) is 35.9 Å². The number of aromatic nitrogens is 1. The fourth-order valence-corrected chi connectivity index (χ4v) is 3.70. The molecular weight excluding hydrogens is 364 g/mol. The van der Waals surface area contributed by atoms with Crippen LogP contribution in [0.25, 0.3) is 10.9 Å². The molecule has 2 N–H and O–H groups in total. The second kappa shape index (κ2) is 9.25. The summed E-state index contributed by atoms with van der Waals surface area (Å²) < 4.78 is 0. The minimum absolute atomic E-state index is 0.0831. The summed E-state index contributed by atoms with van der Waals surface area (Å²) in [4.78, 5) is 31.1. The van der Waals surface area contributed by atoms with Gasteiger partial charge >= 0.3 is 0 Å². The molecule has 2 heterocycles. The molecule has 0 unspecified atom stereocenters. The fraction of sp³-hybridized carbons (Fsp3) is 0.522. The molecule has 0 spiro atoms. The fourth-order valence-electron chi connectivity index (χ4n) is 3.70. The third-order valence-corrected chi connectivity index (χ3v) is 5.42. The van der Waals surface area contributed by atoms with Crippen LogP contribution in [0.15, 0.2) is 24.3 Å². The van der Waals surface area contributed by atoms with Gasteiger partial charge in [-0.3, -0.25) is 9.59 Å². The number of aryl methyl sites for hydroxylation is 1. The van der Waals surface area contributed by atoms with Crippen molar-refractivity contribution in [2.45, 2.75) is 59.4 Å². The van der Waals surface area contributed by atoms with Gasteiger partial charge in [-0.15, -0.1) is 0 Å². The van der Waals surface area contributed by atoms with Crippen LogP contribution in [0.2, 0.25) is 0 Å². The number of rotatable bonds is 6. The van der Waals surface area contributed by atoms with Crippen molar-refractivity contribution in [3.8, 4) is 0 Å². The van der Waals surface area contributed by atoms with E-state index < -0.39 is 0 Å². The molecule has 0 saturated carbocycles. The highest BCUT2D eigenvalue weighted by Gasteiger charge is 2.18. The van der Waals surface area contributed by atoms with Crippen molar-refractivity contribution in [1.29, 1.82) is 0 Å². The van der Waals surface area contributed by atoms with E-state index in [1.165, 1.54) is 12.8 Å². The molecule has 6 nitrogen and oxygen atoms in total. The molecule has 29 heavy (non-hydrogen) atoms. The van der Waals surface area contributed by atoms with Gasteiger partial charge in [-0.1, -0.05) is 6.92 Å². The van der Waals surface area contributed by atoms with Gasteiger partial charge < -0.3 is 15.5 Å². The summed E-state index contributed by atoms with van der Waals surface area (Å²) in [5.41, 5.74) is 2.82. The SMILES string of the molecule is Cc1cc(N2CCC(C)CC2)nc2ccc(NC(=O)CCC(=O)NC(C)C)cc12. The molecular formula is C23H32N4O2. The molecule has 2 amide bonds. The maximum atomic E-state index is 12.2. The summed E-state index contributed by atoms with van der Waals surface area (Å²) in [6, 6.07) is 8.02. The zero-order valence-electron chi connectivity index (χ0n) is 17.9. The average Bonchev–Trinajstić information content (AvgIpc) is 2.67. The highest BCUT2D eigenvalue weighted by molar-refractivity contribution is 5.96. The van der Waals surface area contributed by atoms with Crippen LogP contribution in [0.4, 0.5) is 11.5 Å². The van der Waals surface area contributed by atoms with Gasteiger partial charge in [-0.2, -0.15) is 0 Å². The Morgan fingerprint density at radius 3 is 2.52 bits per heavy atom. The van der Waals surface area contributed by atoms with Crippen LogP contribution in [0.1, 0.15) is 52.0 Å². The van der Waals surface area contributed by atoms with Gasteiger partial charge in [0.1, 0.15) is 5.82 Å². The Bertz CT molecular complexity index is 886. The number of hydrogen-bond donors (Lipinski definition) is 2. The predicted molar refractivity (Wildman–Crippen MR) is 118 cm³/mol. The Kier molecular flexibility index (Phi) is 6.72. The number of fused-ring (bicyclic) bond motifs is 1. The van der Waals surface area contributed by atoms with E-state index in [1.807, 2.05) is 32.0 Å². The van der Waals surface area contributed by atoms with Gasteiger partial charge in [-0.25, -0.2) is 4.98 Å². The van der Waals surface area contributed by atoms with Crippen LogP contribution in [-0.2, 0) is 9.59 Å². The number of anilines is 2. The van der Waals surface area contributed by atoms with Crippen LogP contribution in [0, 0.1) is 12.8 Å². The van der Waals surface area contributed by atoms with Crippen molar-refractivity contribution in [3.63, 3.8) is 0 Å². The summed E-state index contributed by atoms with van der Waals surface area (Å²) >= 11 is 0. The molecule has 0 bridgehead atoms. The van der Waals surface area contributed by atoms with Gasteiger partial charge in [0.05, 0.1) is 5.52 Å². The summed E-state index contributed by atoms with van der Waals surface area (Å²) in [5.74, 6) is 1.56. The largest absolute Gasteiger partial charge is 0.357 e. The zero-order chi connectivity index (χ0) is 21.0. The van der Waals surface area contributed by atoms with E-state index >= 15 is 0 Å². The van der Waals surface area contributed by atoms with E-state index in [2.05, 4.69) is 35.4 Å². The second-order valence-electron chi connectivity index (χ2n) is 8.47. The Morgan fingerprint density at radius 1 is 1.14 bits per heavy atom. The third kappa shape index (κ3) is 5.68. The number of piperidine rings is 1. The van der Waals surface area contributed by atoms with E-state index in [9.17, 15) is 9.59 Å². The quantitative estimate of drug-likeness (QED) is 0.773. The molecule has 1 aliphatic rings. The van der Waals surface area contributed by atoms with Gasteiger partial charge in [0.15, 0.2) is 0 Å². The smallest absolute Gasteiger partial charge is 0.224 e. The monoisotopic (exact) mass is 396 g/mol. The summed E-state index contributed by atoms with van der Waals surface area (Å²) in [6.45, 7) is 10.3. The van der Waals surface area contributed by atoms with Crippen molar-refractivity contribution in [2.24, 2.45) is 5.92 Å². The minimum atomic E-state index is -0.159. The van der Waals surface area contributed by atoms with Crippen LogP contribution in [0.3, 0.4) is 0 Å². The molecule has 1 aromatic heterocycles. The molecule has 156 valence electrons. The van der Waals surface area contributed by atoms with Gasteiger partial charge in [0, 0.05) is 43.0 Å². The number of nitrogens with one attached hydrogen (secondary N) is 2. The average molecular weight is 397 g/mol. The Hall–Kier alpha value is -2.63. The Balaban J connectivity index is 1.67. The molecule has 1 aliphatic heterocycles. The molecule has 2 aromatic rings. The summed E-state index contributed by atoms with van der Waals surface area (Å²) in [7, 11) is 0. The lowest BCUT2D eigenvalue weighted by molar-refractivity contribution is -0.124. The summed E-state index contributed by atoms with van der Waals surface area (Å²) in [5, 5.41) is 6.73. The lowest BCUT2D eigenvalue weighted by atomic mass is 9.99. The Labute approximate surface area is 173 Å². The molecule has 6 heteroatoms. The van der Waals surface area contributed by atoms with Gasteiger partial charge in [-0.05, 0) is 69.4 Å². The van der Waals surface area contributed by atoms with Crippen molar-refractivity contribution < 1.29 is 9.59 Å². The van der Waals surface area contributed by atoms with Crippen LogP contribution >= 0.6 is 0 Å². The first kappa shape index (κ1) is 21.1. The maximum absolute atomic E-state index is 12.2. The first-order chi connectivity index (χ1) is 13.8. The summed E-state index contributed by atoms with van der Waals surface area (Å²) in [6.07, 6.45) is 2.77. The van der Waals surface area contributed by atoms with Crippen molar-refractivity contribution in [1.82, 2.24) is 10.3 Å². The number of carbonyl (C=O) groups excluding carboxylic acids is 2. The topological polar surface area (TPSA) is 74.3 Å². The number of benzene rings is 1. The van der Waals surface area contributed by atoms with Crippen molar-refractivity contribution in [2.75, 3.05) is 23.3 Å². The molecule has 0 aliphatic carbocycles. The van der Waals surface area contributed by atoms with Crippen LogP contribution < -0.4 is 15.5 Å². The first-order valence-corrected chi connectivity index (χ1v) is 10.6. The second-order valence-corrected chi connectivity index (χ2v) is 8.47.